The lowest BCUT2D eigenvalue weighted by molar-refractivity contribution is 1.43. The first kappa shape index (κ1) is 13.6. The molecule has 0 saturated carbocycles. The quantitative estimate of drug-likeness (QED) is 0.495. The van der Waals surface area contributed by atoms with Crippen molar-refractivity contribution < 1.29 is 0 Å². The Labute approximate surface area is 135 Å². The van der Waals surface area contributed by atoms with Crippen molar-refractivity contribution in [2.45, 2.75) is 0 Å². The largest absolute Gasteiger partial charge is 0.355 e. The SMILES string of the molecule is C(=C(c1ccccc1)c1ccccc1)c1cc2ccccc2[nH]1. The topological polar surface area (TPSA) is 15.8 Å². The van der Waals surface area contributed by atoms with E-state index in [0.717, 1.165) is 5.69 Å². The molecule has 1 nitrogen and oxygen atoms in total. The molecule has 23 heavy (non-hydrogen) atoms. The van der Waals surface area contributed by atoms with Gasteiger partial charge in [-0.3, -0.25) is 0 Å². The Kier molecular flexibility index (Phi) is 3.53. The molecule has 0 unspecified atom stereocenters. The van der Waals surface area contributed by atoms with Crippen LogP contribution in [0.15, 0.2) is 91.0 Å². The van der Waals surface area contributed by atoms with Crippen molar-refractivity contribution in [2.75, 3.05) is 0 Å². The molecule has 0 radical (unpaired) electrons. The molecule has 0 saturated heterocycles. The van der Waals surface area contributed by atoms with E-state index in [1.165, 1.54) is 27.6 Å². The summed E-state index contributed by atoms with van der Waals surface area (Å²) in [6.45, 7) is 0. The molecule has 1 heterocycles. The summed E-state index contributed by atoms with van der Waals surface area (Å²) in [7, 11) is 0. The van der Waals surface area contributed by atoms with Crippen LogP contribution in [0.25, 0.3) is 22.6 Å². The van der Waals surface area contributed by atoms with Gasteiger partial charge in [0.05, 0.1) is 0 Å². The number of hydrogen-bond donors (Lipinski definition) is 1. The number of hydrogen-bond acceptors (Lipinski definition) is 0. The third kappa shape index (κ3) is 2.82. The fourth-order valence-corrected chi connectivity index (χ4v) is 2.90. The molecule has 0 aliphatic carbocycles. The molecular formula is C22H17N. The van der Waals surface area contributed by atoms with Crippen LogP contribution < -0.4 is 0 Å². The zero-order valence-electron chi connectivity index (χ0n) is 12.7. The average molecular weight is 295 g/mol. The Morgan fingerprint density at radius 3 is 1.83 bits per heavy atom. The van der Waals surface area contributed by atoms with Crippen molar-refractivity contribution >= 4 is 22.6 Å². The second-order valence-electron chi connectivity index (χ2n) is 5.60. The highest BCUT2D eigenvalue weighted by atomic mass is 14.7. The Morgan fingerprint density at radius 1 is 0.652 bits per heavy atom. The fourth-order valence-electron chi connectivity index (χ4n) is 2.90. The maximum atomic E-state index is 3.49. The van der Waals surface area contributed by atoms with Crippen molar-refractivity contribution in [3.63, 3.8) is 0 Å². The number of H-pyrrole nitrogens is 1. The zero-order valence-corrected chi connectivity index (χ0v) is 12.7. The molecule has 1 heteroatoms. The number of para-hydroxylation sites is 1. The summed E-state index contributed by atoms with van der Waals surface area (Å²) in [5, 5.41) is 1.24. The standard InChI is InChI=1S/C22H17N/c1-3-9-17(10-4-1)21(18-11-5-2-6-12-18)16-20-15-19-13-7-8-14-22(19)23-20/h1-16,23H. The highest BCUT2D eigenvalue weighted by Crippen LogP contribution is 2.26. The molecular weight excluding hydrogens is 278 g/mol. The summed E-state index contributed by atoms with van der Waals surface area (Å²) in [4.78, 5) is 3.49. The summed E-state index contributed by atoms with van der Waals surface area (Å²) in [6, 6.07) is 31.6. The van der Waals surface area contributed by atoms with E-state index in [2.05, 4.69) is 102 Å². The number of aromatic amines is 1. The van der Waals surface area contributed by atoms with Crippen molar-refractivity contribution in [1.29, 1.82) is 0 Å². The molecule has 4 rings (SSSR count). The van der Waals surface area contributed by atoms with Crippen LogP contribution in [0.4, 0.5) is 0 Å². The van der Waals surface area contributed by atoms with Crippen molar-refractivity contribution in [3.8, 4) is 0 Å². The number of nitrogens with one attached hydrogen (secondary N) is 1. The molecule has 0 aliphatic rings. The van der Waals surface area contributed by atoms with Crippen LogP contribution in [0.2, 0.25) is 0 Å². The molecule has 0 bridgehead atoms. The molecule has 4 aromatic rings. The van der Waals surface area contributed by atoms with E-state index in [9.17, 15) is 0 Å². The second-order valence-corrected chi connectivity index (χ2v) is 5.60. The van der Waals surface area contributed by atoms with Gasteiger partial charge in [0.25, 0.3) is 0 Å². The van der Waals surface area contributed by atoms with E-state index in [-0.39, 0.29) is 0 Å². The summed E-state index contributed by atoms with van der Waals surface area (Å²) >= 11 is 0. The van der Waals surface area contributed by atoms with Crippen LogP contribution in [-0.4, -0.2) is 4.98 Å². The lowest BCUT2D eigenvalue weighted by atomic mass is 9.97. The number of aromatic nitrogens is 1. The molecule has 0 amide bonds. The van der Waals surface area contributed by atoms with E-state index < -0.39 is 0 Å². The Hall–Kier alpha value is -3.06. The van der Waals surface area contributed by atoms with Crippen molar-refractivity contribution in [3.05, 3.63) is 108 Å². The van der Waals surface area contributed by atoms with E-state index in [0.29, 0.717) is 0 Å². The average Bonchev–Trinajstić information content (AvgIpc) is 3.04. The minimum Gasteiger partial charge on any atom is -0.355 e. The van der Waals surface area contributed by atoms with Crippen LogP contribution in [0.1, 0.15) is 16.8 Å². The van der Waals surface area contributed by atoms with Crippen molar-refractivity contribution in [1.82, 2.24) is 4.98 Å². The van der Waals surface area contributed by atoms with E-state index in [4.69, 9.17) is 0 Å². The molecule has 0 fully saturated rings. The van der Waals surface area contributed by atoms with Gasteiger partial charge in [0, 0.05) is 11.2 Å². The van der Waals surface area contributed by atoms with Crippen LogP contribution in [-0.2, 0) is 0 Å². The first-order valence-electron chi connectivity index (χ1n) is 7.80. The van der Waals surface area contributed by atoms with Gasteiger partial charge in [-0.1, -0.05) is 78.9 Å². The Morgan fingerprint density at radius 2 is 1.22 bits per heavy atom. The maximum absolute atomic E-state index is 3.49. The van der Waals surface area contributed by atoms with Gasteiger partial charge in [-0.2, -0.15) is 0 Å². The van der Waals surface area contributed by atoms with E-state index in [1.54, 1.807) is 0 Å². The number of benzene rings is 3. The van der Waals surface area contributed by atoms with E-state index in [1.807, 2.05) is 0 Å². The van der Waals surface area contributed by atoms with Gasteiger partial charge in [0.2, 0.25) is 0 Å². The fraction of sp³-hybridized carbons (Fsp3) is 0. The van der Waals surface area contributed by atoms with Gasteiger partial charge in [-0.15, -0.1) is 0 Å². The molecule has 110 valence electrons. The third-order valence-electron chi connectivity index (χ3n) is 4.02. The lowest BCUT2D eigenvalue weighted by Crippen LogP contribution is -1.87. The van der Waals surface area contributed by atoms with Gasteiger partial charge >= 0.3 is 0 Å². The molecule has 0 spiro atoms. The molecule has 3 aromatic carbocycles. The minimum atomic E-state index is 1.12. The second kappa shape index (κ2) is 5.98. The van der Waals surface area contributed by atoms with E-state index >= 15 is 0 Å². The normalized spacial score (nSPS) is 10.6. The first-order valence-corrected chi connectivity index (χ1v) is 7.80. The summed E-state index contributed by atoms with van der Waals surface area (Å²) in [6.07, 6.45) is 2.23. The predicted octanol–water partition coefficient (Wildman–Crippen LogP) is 5.76. The summed E-state index contributed by atoms with van der Waals surface area (Å²) in [5.41, 5.74) is 5.94. The molecule has 0 atom stereocenters. The molecule has 1 aromatic heterocycles. The monoisotopic (exact) mass is 295 g/mol. The van der Waals surface area contributed by atoms with Gasteiger partial charge in [-0.05, 0) is 40.3 Å². The highest BCUT2D eigenvalue weighted by Gasteiger charge is 2.06. The van der Waals surface area contributed by atoms with Crippen LogP contribution in [0.5, 0.6) is 0 Å². The van der Waals surface area contributed by atoms with Crippen LogP contribution in [0, 0.1) is 0 Å². The summed E-state index contributed by atoms with van der Waals surface area (Å²) in [5.74, 6) is 0. The van der Waals surface area contributed by atoms with Crippen molar-refractivity contribution in [2.24, 2.45) is 0 Å². The first-order chi connectivity index (χ1) is 11.4. The van der Waals surface area contributed by atoms with Gasteiger partial charge in [0.15, 0.2) is 0 Å². The predicted molar refractivity (Wildman–Crippen MR) is 98.2 cm³/mol. The highest BCUT2D eigenvalue weighted by molar-refractivity contribution is 5.93. The Bertz CT molecular complexity index is 872. The summed E-state index contributed by atoms with van der Waals surface area (Å²) < 4.78 is 0. The zero-order chi connectivity index (χ0) is 15.5. The number of rotatable bonds is 3. The van der Waals surface area contributed by atoms with Gasteiger partial charge in [-0.25, -0.2) is 0 Å². The molecule has 1 N–H and O–H groups in total. The smallest absolute Gasteiger partial charge is 0.0458 e. The third-order valence-corrected chi connectivity index (χ3v) is 4.02. The van der Waals surface area contributed by atoms with Gasteiger partial charge < -0.3 is 4.98 Å². The lowest BCUT2D eigenvalue weighted by Gasteiger charge is -2.08. The Balaban J connectivity index is 1.87. The minimum absolute atomic E-state index is 1.12. The van der Waals surface area contributed by atoms with Crippen LogP contribution >= 0.6 is 0 Å². The van der Waals surface area contributed by atoms with Gasteiger partial charge in [0.1, 0.15) is 0 Å². The van der Waals surface area contributed by atoms with Crippen LogP contribution in [0.3, 0.4) is 0 Å². The maximum Gasteiger partial charge on any atom is 0.0458 e. The number of fused-ring (bicyclic) bond motifs is 1. The molecule has 0 aliphatic heterocycles.